The van der Waals surface area contributed by atoms with Gasteiger partial charge in [0.1, 0.15) is 0 Å². The van der Waals surface area contributed by atoms with E-state index in [0.29, 0.717) is 33.8 Å². The number of anilines is 2. The third-order valence-corrected chi connectivity index (χ3v) is 4.98. The van der Waals surface area contributed by atoms with Gasteiger partial charge < -0.3 is 20.1 Å². The van der Waals surface area contributed by atoms with Crippen LogP contribution < -0.4 is 20.1 Å². The Morgan fingerprint density at radius 3 is 2.53 bits per heavy atom. The van der Waals surface area contributed by atoms with Gasteiger partial charge in [0, 0.05) is 17.3 Å². The molecule has 30 heavy (non-hydrogen) atoms. The van der Waals surface area contributed by atoms with Gasteiger partial charge in [-0.05, 0) is 54.4 Å². The third kappa shape index (κ3) is 5.81. The van der Waals surface area contributed by atoms with Gasteiger partial charge in [0.05, 0.1) is 17.8 Å². The molecule has 156 valence electrons. The number of hydrogen-bond acceptors (Lipinski definition) is 4. The van der Waals surface area contributed by atoms with Crippen molar-refractivity contribution in [2.75, 3.05) is 24.4 Å². The second-order valence-corrected chi connectivity index (χ2v) is 7.46. The lowest BCUT2D eigenvalue weighted by molar-refractivity contribution is -0.118. The van der Waals surface area contributed by atoms with Crippen LogP contribution in [0.4, 0.5) is 11.4 Å². The van der Waals surface area contributed by atoms with Crippen molar-refractivity contribution in [3.8, 4) is 11.5 Å². The predicted molar refractivity (Wildman–Crippen MR) is 122 cm³/mol. The summed E-state index contributed by atoms with van der Waals surface area (Å²) in [6.07, 6.45) is 0. The molecule has 0 saturated carbocycles. The summed E-state index contributed by atoms with van der Waals surface area (Å²) in [6.45, 7) is 2.31. The fourth-order valence-corrected chi connectivity index (χ4v) is 3.18. The van der Waals surface area contributed by atoms with Crippen molar-refractivity contribution in [2.24, 2.45) is 0 Å². The first-order chi connectivity index (χ1) is 14.5. The molecule has 7 heteroatoms. The quantitative estimate of drug-likeness (QED) is 0.451. The van der Waals surface area contributed by atoms with Crippen LogP contribution in [0.1, 0.15) is 11.1 Å². The van der Waals surface area contributed by atoms with E-state index in [0.717, 1.165) is 16.8 Å². The summed E-state index contributed by atoms with van der Waals surface area (Å²) in [6, 6.07) is 18.4. The van der Waals surface area contributed by atoms with Crippen molar-refractivity contribution >= 4 is 40.5 Å². The summed E-state index contributed by atoms with van der Waals surface area (Å²) >= 11 is 12.2. The van der Waals surface area contributed by atoms with E-state index in [1.807, 2.05) is 49.4 Å². The fourth-order valence-electron chi connectivity index (χ4n) is 2.80. The molecule has 0 aliphatic carbocycles. The predicted octanol–water partition coefficient (Wildman–Crippen LogP) is 5.94. The molecule has 0 fully saturated rings. The summed E-state index contributed by atoms with van der Waals surface area (Å²) in [5.41, 5.74) is 3.41. The Balaban J connectivity index is 1.60. The Morgan fingerprint density at radius 2 is 1.77 bits per heavy atom. The molecule has 0 bridgehead atoms. The first kappa shape index (κ1) is 21.8. The van der Waals surface area contributed by atoms with Gasteiger partial charge in [-0.15, -0.1) is 0 Å². The second kappa shape index (κ2) is 10.2. The number of nitrogens with one attached hydrogen (secondary N) is 2. The summed E-state index contributed by atoms with van der Waals surface area (Å²) in [4.78, 5) is 12.3. The fraction of sp³-hybridized carbons (Fsp3) is 0.174. The second-order valence-electron chi connectivity index (χ2n) is 6.61. The van der Waals surface area contributed by atoms with E-state index in [4.69, 9.17) is 32.7 Å². The monoisotopic (exact) mass is 444 g/mol. The smallest absolute Gasteiger partial charge is 0.262 e. The lowest BCUT2D eigenvalue weighted by Crippen LogP contribution is -2.20. The van der Waals surface area contributed by atoms with Gasteiger partial charge in [-0.3, -0.25) is 4.79 Å². The highest BCUT2D eigenvalue weighted by molar-refractivity contribution is 6.33. The minimum Gasteiger partial charge on any atom is -0.493 e. The minimum atomic E-state index is -0.285. The number of aryl methyl sites for hydroxylation is 1. The molecule has 5 nitrogen and oxygen atoms in total. The largest absolute Gasteiger partial charge is 0.493 e. The number of methoxy groups -OCH3 is 1. The molecule has 0 aliphatic heterocycles. The highest BCUT2D eigenvalue weighted by Crippen LogP contribution is 2.29. The Morgan fingerprint density at radius 1 is 0.967 bits per heavy atom. The molecular formula is C23H22Cl2N2O3. The van der Waals surface area contributed by atoms with Crippen LogP contribution in [0.3, 0.4) is 0 Å². The lowest BCUT2D eigenvalue weighted by atomic mass is 10.2. The molecule has 0 saturated heterocycles. The number of halogens is 2. The molecule has 3 aromatic rings. The van der Waals surface area contributed by atoms with Crippen LogP contribution in [0.15, 0.2) is 60.7 Å². The highest BCUT2D eigenvalue weighted by Gasteiger charge is 2.11. The van der Waals surface area contributed by atoms with Crippen molar-refractivity contribution in [1.29, 1.82) is 0 Å². The van der Waals surface area contributed by atoms with Crippen LogP contribution >= 0.6 is 23.2 Å². The van der Waals surface area contributed by atoms with E-state index < -0.39 is 0 Å². The van der Waals surface area contributed by atoms with Gasteiger partial charge in [-0.25, -0.2) is 0 Å². The zero-order valence-corrected chi connectivity index (χ0v) is 18.2. The minimum absolute atomic E-state index is 0.153. The van der Waals surface area contributed by atoms with Crippen molar-refractivity contribution in [1.82, 2.24) is 0 Å². The lowest BCUT2D eigenvalue weighted by Gasteiger charge is -2.14. The normalized spacial score (nSPS) is 10.4. The molecule has 1 amide bonds. The third-order valence-electron chi connectivity index (χ3n) is 4.42. The molecule has 0 aromatic heterocycles. The Labute approximate surface area is 185 Å². The topological polar surface area (TPSA) is 59.6 Å². The van der Waals surface area contributed by atoms with Crippen LogP contribution in [0.25, 0.3) is 0 Å². The number of amides is 1. The average molecular weight is 445 g/mol. The van der Waals surface area contributed by atoms with Crippen LogP contribution in [0.5, 0.6) is 11.5 Å². The number of rotatable bonds is 8. The van der Waals surface area contributed by atoms with Crippen LogP contribution in [0.2, 0.25) is 10.0 Å². The van der Waals surface area contributed by atoms with Crippen LogP contribution in [0, 0.1) is 6.92 Å². The Kier molecular flexibility index (Phi) is 7.44. The zero-order chi connectivity index (χ0) is 21.5. The van der Waals surface area contributed by atoms with Gasteiger partial charge in [0.25, 0.3) is 5.91 Å². The number of benzene rings is 3. The van der Waals surface area contributed by atoms with E-state index in [9.17, 15) is 4.79 Å². The molecule has 2 N–H and O–H groups in total. The van der Waals surface area contributed by atoms with Crippen molar-refractivity contribution in [3.05, 3.63) is 81.8 Å². The van der Waals surface area contributed by atoms with Gasteiger partial charge in [-0.2, -0.15) is 0 Å². The highest BCUT2D eigenvalue weighted by atomic mass is 35.5. The molecular weight excluding hydrogens is 423 g/mol. The first-order valence-electron chi connectivity index (χ1n) is 9.30. The molecule has 0 aliphatic rings. The van der Waals surface area contributed by atoms with E-state index >= 15 is 0 Å². The summed E-state index contributed by atoms with van der Waals surface area (Å²) < 4.78 is 11.1. The Hall–Kier alpha value is -2.89. The molecule has 0 unspecified atom stereocenters. The van der Waals surface area contributed by atoms with E-state index in [2.05, 4.69) is 10.6 Å². The van der Waals surface area contributed by atoms with E-state index in [1.54, 1.807) is 25.3 Å². The first-order valence-corrected chi connectivity index (χ1v) is 10.1. The number of ether oxygens (including phenoxy) is 2. The SMILES string of the molecule is COc1cc(CNc2ccccc2Cl)ccc1OCC(=O)Nc1cc(Cl)ccc1C. The van der Waals surface area contributed by atoms with Crippen molar-refractivity contribution in [3.63, 3.8) is 0 Å². The number of hydrogen-bond donors (Lipinski definition) is 2. The molecule has 3 aromatic carbocycles. The summed E-state index contributed by atoms with van der Waals surface area (Å²) in [5.74, 6) is 0.740. The zero-order valence-electron chi connectivity index (χ0n) is 16.7. The van der Waals surface area contributed by atoms with Gasteiger partial charge >= 0.3 is 0 Å². The maximum atomic E-state index is 12.3. The number of para-hydroxylation sites is 1. The number of carbonyl (C=O) groups is 1. The van der Waals surface area contributed by atoms with Crippen molar-refractivity contribution in [2.45, 2.75) is 13.5 Å². The van der Waals surface area contributed by atoms with E-state index in [1.165, 1.54) is 0 Å². The summed E-state index contributed by atoms with van der Waals surface area (Å²) in [5, 5.41) is 7.30. The Bertz CT molecular complexity index is 1040. The standard InChI is InChI=1S/C23H22Cl2N2O3/c1-15-7-9-17(24)12-20(15)27-23(28)14-30-21-10-8-16(11-22(21)29-2)13-26-19-6-4-3-5-18(19)25/h3-12,26H,13-14H2,1-2H3,(H,27,28). The van der Waals surface area contributed by atoms with Crippen LogP contribution in [-0.2, 0) is 11.3 Å². The van der Waals surface area contributed by atoms with E-state index in [-0.39, 0.29) is 12.5 Å². The molecule has 0 atom stereocenters. The van der Waals surface area contributed by atoms with Crippen molar-refractivity contribution < 1.29 is 14.3 Å². The molecule has 0 heterocycles. The maximum absolute atomic E-state index is 12.3. The van der Waals surface area contributed by atoms with Crippen LogP contribution in [-0.4, -0.2) is 19.6 Å². The summed E-state index contributed by atoms with van der Waals surface area (Å²) in [7, 11) is 1.56. The van der Waals surface area contributed by atoms with Gasteiger partial charge in [0.15, 0.2) is 18.1 Å². The maximum Gasteiger partial charge on any atom is 0.262 e. The average Bonchev–Trinajstić information content (AvgIpc) is 2.74. The van der Waals surface area contributed by atoms with Gasteiger partial charge in [0.2, 0.25) is 0 Å². The molecule has 0 radical (unpaired) electrons. The molecule has 0 spiro atoms. The van der Waals surface area contributed by atoms with Gasteiger partial charge in [-0.1, -0.05) is 47.5 Å². The molecule has 3 rings (SSSR count). The number of carbonyl (C=O) groups excluding carboxylic acids is 1.